The van der Waals surface area contributed by atoms with Crippen LogP contribution in [0.15, 0.2) is 12.1 Å². The average Bonchev–Trinajstić information content (AvgIpc) is 2.78. The standard InChI is InChI=1S/C15H20N2O2/c1-19-12-9-11(15(16)5-3-2-4-6-15)7-10-8-13(18)17-14(10)12/h7,9H,2-6,8,16H2,1H3,(H,17,18). The zero-order valence-corrected chi connectivity index (χ0v) is 11.3. The molecule has 0 aromatic heterocycles. The number of anilines is 1. The third kappa shape index (κ3) is 2.10. The van der Waals surface area contributed by atoms with E-state index in [1.807, 2.05) is 6.07 Å². The lowest BCUT2D eigenvalue weighted by Crippen LogP contribution is -2.38. The first-order chi connectivity index (χ1) is 9.12. The van der Waals surface area contributed by atoms with Gasteiger partial charge in [0.15, 0.2) is 0 Å². The predicted octanol–water partition coefficient (Wildman–Crippen LogP) is 2.31. The van der Waals surface area contributed by atoms with Gasteiger partial charge in [-0.15, -0.1) is 0 Å². The summed E-state index contributed by atoms with van der Waals surface area (Å²) >= 11 is 0. The van der Waals surface area contributed by atoms with Crippen LogP contribution in [-0.2, 0) is 16.8 Å². The molecule has 1 aliphatic carbocycles. The van der Waals surface area contributed by atoms with Crippen LogP contribution >= 0.6 is 0 Å². The van der Waals surface area contributed by atoms with Gasteiger partial charge in [-0.25, -0.2) is 0 Å². The molecule has 0 bridgehead atoms. The number of benzene rings is 1. The highest BCUT2D eigenvalue weighted by Gasteiger charge is 2.32. The summed E-state index contributed by atoms with van der Waals surface area (Å²) in [4.78, 5) is 11.5. The van der Waals surface area contributed by atoms with E-state index in [2.05, 4.69) is 11.4 Å². The highest BCUT2D eigenvalue weighted by Crippen LogP contribution is 2.41. The van der Waals surface area contributed by atoms with E-state index in [1.54, 1.807) is 7.11 Å². The minimum atomic E-state index is -0.258. The molecule has 2 aliphatic rings. The molecule has 0 atom stereocenters. The number of fused-ring (bicyclic) bond motifs is 1. The molecule has 0 unspecified atom stereocenters. The number of methoxy groups -OCH3 is 1. The Morgan fingerprint density at radius 1 is 1.26 bits per heavy atom. The molecule has 1 fully saturated rings. The summed E-state index contributed by atoms with van der Waals surface area (Å²) in [5.41, 5.74) is 9.25. The second-order valence-corrected chi connectivity index (χ2v) is 5.65. The summed E-state index contributed by atoms with van der Waals surface area (Å²) in [6.45, 7) is 0. The molecule has 1 aromatic carbocycles. The van der Waals surface area contributed by atoms with Crippen LogP contribution in [0, 0.1) is 0 Å². The Morgan fingerprint density at radius 3 is 2.68 bits per heavy atom. The van der Waals surface area contributed by atoms with Crippen molar-refractivity contribution >= 4 is 11.6 Å². The number of amides is 1. The maximum Gasteiger partial charge on any atom is 0.228 e. The van der Waals surface area contributed by atoms with Crippen molar-refractivity contribution < 1.29 is 9.53 Å². The molecule has 1 amide bonds. The third-order valence-corrected chi connectivity index (χ3v) is 4.34. The van der Waals surface area contributed by atoms with Crippen molar-refractivity contribution in [3.8, 4) is 5.75 Å². The molecule has 1 aliphatic heterocycles. The Morgan fingerprint density at radius 2 is 2.00 bits per heavy atom. The molecule has 1 heterocycles. The maximum absolute atomic E-state index is 11.5. The van der Waals surface area contributed by atoms with Crippen molar-refractivity contribution in [2.24, 2.45) is 5.73 Å². The first-order valence-corrected chi connectivity index (χ1v) is 6.92. The maximum atomic E-state index is 11.5. The largest absolute Gasteiger partial charge is 0.495 e. The molecule has 0 spiro atoms. The summed E-state index contributed by atoms with van der Waals surface area (Å²) in [5, 5.41) is 2.85. The molecule has 3 rings (SSSR count). The van der Waals surface area contributed by atoms with Crippen LogP contribution < -0.4 is 15.8 Å². The van der Waals surface area contributed by atoms with E-state index in [0.717, 1.165) is 35.4 Å². The first-order valence-electron chi connectivity index (χ1n) is 6.92. The van der Waals surface area contributed by atoms with Gasteiger partial charge in [0.1, 0.15) is 5.75 Å². The number of carbonyl (C=O) groups is 1. The van der Waals surface area contributed by atoms with Crippen molar-refractivity contribution in [2.75, 3.05) is 12.4 Å². The molecular weight excluding hydrogens is 240 g/mol. The Labute approximate surface area is 113 Å². The van der Waals surface area contributed by atoms with Crippen LogP contribution in [0.4, 0.5) is 5.69 Å². The van der Waals surface area contributed by atoms with Gasteiger partial charge in [-0.3, -0.25) is 4.79 Å². The number of nitrogens with one attached hydrogen (secondary N) is 1. The molecule has 0 saturated heterocycles. The van der Waals surface area contributed by atoms with Gasteiger partial charge in [-0.2, -0.15) is 0 Å². The molecule has 1 aromatic rings. The number of hydrogen-bond donors (Lipinski definition) is 2. The fourth-order valence-corrected chi connectivity index (χ4v) is 3.23. The van der Waals surface area contributed by atoms with Crippen LogP contribution in [0.3, 0.4) is 0 Å². The molecule has 4 nitrogen and oxygen atoms in total. The van der Waals surface area contributed by atoms with E-state index in [0.29, 0.717) is 6.42 Å². The van der Waals surface area contributed by atoms with Crippen molar-refractivity contribution in [3.05, 3.63) is 23.3 Å². The molecule has 1 saturated carbocycles. The van der Waals surface area contributed by atoms with Gasteiger partial charge >= 0.3 is 0 Å². The highest BCUT2D eigenvalue weighted by atomic mass is 16.5. The van der Waals surface area contributed by atoms with Crippen LogP contribution in [0.2, 0.25) is 0 Å². The van der Waals surface area contributed by atoms with E-state index in [4.69, 9.17) is 10.5 Å². The number of nitrogens with two attached hydrogens (primary N) is 1. The van der Waals surface area contributed by atoms with Gasteiger partial charge in [-0.1, -0.05) is 25.3 Å². The zero-order chi connectivity index (χ0) is 13.5. The van der Waals surface area contributed by atoms with Gasteiger partial charge in [-0.05, 0) is 30.0 Å². The normalized spacial score (nSPS) is 20.8. The monoisotopic (exact) mass is 260 g/mol. The minimum Gasteiger partial charge on any atom is -0.495 e. The van der Waals surface area contributed by atoms with Crippen LogP contribution in [0.1, 0.15) is 43.2 Å². The number of carbonyl (C=O) groups excluding carboxylic acids is 1. The second kappa shape index (κ2) is 4.53. The SMILES string of the molecule is COc1cc(C2(N)CCCCC2)cc2c1NC(=O)C2. The number of hydrogen-bond acceptors (Lipinski definition) is 3. The van der Waals surface area contributed by atoms with E-state index in [-0.39, 0.29) is 11.4 Å². The van der Waals surface area contributed by atoms with Crippen molar-refractivity contribution in [3.63, 3.8) is 0 Å². The predicted molar refractivity (Wildman–Crippen MR) is 74.3 cm³/mol. The van der Waals surface area contributed by atoms with Crippen molar-refractivity contribution in [1.82, 2.24) is 0 Å². The lowest BCUT2D eigenvalue weighted by molar-refractivity contribution is -0.115. The second-order valence-electron chi connectivity index (χ2n) is 5.65. The molecular formula is C15H20N2O2. The van der Waals surface area contributed by atoms with E-state index in [1.165, 1.54) is 19.3 Å². The molecule has 4 heteroatoms. The van der Waals surface area contributed by atoms with Crippen LogP contribution in [-0.4, -0.2) is 13.0 Å². The van der Waals surface area contributed by atoms with Gasteiger partial charge in [0.2, 0.25) is 5.91 Å². The van der Waals surface area contributed by atoms with Crippen LogP contribution in [0.25, 0.3) is 0 Å². The van der Waals surface area contributed by atoms with E-state index in [9.17, 15) is 4.79 Å². The topological polar surface area (TPSA) is 64.3 Å². The average molecular weight is 260 g/mol. The Bertz CT molecular complexity index is 519. The number of ether oxygens (including phenoxy) is 1. The van der Waals surface area contributed by atoms with Gasteiger partial charge in [0.05, 0.1) is 19.2 Å². The summed E-state index contributed by atoms with van der Waals surface area (Å²) < 4.78 is 5.41. The smallest absolute Gasteiger partial charge is 0.228 e. The summed E-state index contributed by atoms with van der Waals surface area (Å²) in [6.07, 6.45) is 6.06. The summed E-state index contributed by atoms with van der Waals surface area (Å²) in [7, 11) is 1.63. The van der Waals surface area contributed by atoms with Gasteiger partial charge in [0, 0.05) is 5.54 Å². The van der Waals surface area contributed by atoms with Crippen molar-refractivity contribution in [1.29, 1.82) is 0 Å². The van der Waals surface area contributed by atoms with E-state index < -0.39 is 0 Å². The summed E-state index contributed by atoms with van der Waals surface area (Å²) in [5.74, 6) is 0.758. The molecule has 3 N–H and O–H groups in total. The fraction of sp³-hybridized carbons (Fsp3) is 0.533. The van der Waals surface area contributed by atoms with Gasteiger partial charge < -0.3 is 15.8 Å². The third-order valence-electron chi connectivity index (χ3n) is 4.34. The lowest BCUT2D eigenvalue weighted by Gasteiger charge is -2.34. The minimum absolute atomic E-state index is 0.0279. The summed E-state index contributed by atoms with van der Waals surface area (Å²) in [6, 6.07) is 4.08. The Hall–Kier alpha value is -1.55. The fourth-order valence-electron chi connectivity index (χ4n) is 3.23. The zero-order valence-electron chi connectivity index (χ0n) is 11.3. The first kappa shape index (κ1) is 12.5. The lowest BCUT2D eigenvalue weighted by atomic mass is 9.77. The number of rotatable bonds is 2. The van der Waals surface area contributed by atoms with Crippen LogP contribution in [0.5, 0.6) is 5.75 Å². The molecule has 0 radical (unpaired) electrons. The Kier molecular flexibility index (Phi) is 2.97. The van der Waals surface area contributed by atoms with E-state index >= 15 is 0 Å². The van der Waals surface area contributed by atoms with Gasteiger partial charge in [0.25, 0.3) is 0 Å². The highest BCUT2D eigenvalue weighted by molar-refractivity contribution is 6.01. The molecule has 102 valence electrons. The van der Waals surface area contributed by atoms with Crippen molar-refractivity contribution in [2.45, 2.75) is 44.1 Å². The Balaban J connectivity index is 2.03. The quantitative estimate of drug-likeness (QED) is 0.857. The molecule has 19 heavy (non-hydrogen) atoms.